The number of halogens is 3. The number of carboxylic acid groups (broad SMARTS) is 1. The van der Waals surface area contributed by atoms with E-state index in [1.807, 2.05) is 6.92 Å². The molecule has 124 valence electrons. The molecule has 0 saturated heterocycles. The molecule has 22 heavy (non-hydrogen) atoms. The third-order valence-electron chi connectivity index (χ3n) is 3.85. The number of benzene rings is 1. The molecule has 0 aliphatic carbocycles. The molecule has 0 bridgehead atoms. The van der Waals surface area contributed by atoms with Crippen molar-refractivity contribution in [3.05, 3.63) is 35.4 Å². The molecule has 0 aliphatic heterocycles. The number of carboxylic acids is 1. The highest BCUT2D eigenvalue weighted by molar-refractivity contribution is 5.70. The van der Waals surface area contributed by atoms with E-state index in [1.165, 1.54) is 12.1 Å². The fourth-order valence-electron chi connectivity index (χ4n) is 2.25. The van der Waals surface area contributed by atoms with Gasteiger partial charge < -0.3 is 10.8 Å². The summed E-state index contributed by atoms with van der Waals surface area (Å²) in [5, 5.41) is 8.91. The van der Waals surface area contributed by atoms with Gasteiger partial charge in [-0.2, -0.15) is 13.2 Å². The van der Waals surface area contributed by atoms with Crippen LogP contribution in [0.15, 0.2) is 24.3 Å². The average molecular weight is 317 g/mol. The molecule has 0 saturated carbocycles. The Morgan fingerprint density at radius 2 is 1.77 bits per heavy atom. The molecule has 2 atom stereocenters. The molecule has 0 spiro atoms. The van der Waals surface area contributed by atoms with Crippen molar-refractivity contribution in [3.63, 3.8) is 0 Å². The quantitative estimate of drug-likeness (QED) is 0.768. The van der Waals surface area contributed by atoms with Crippen LogP contribution in [0.2, 0.25) is 0 Å². The number of aryl methyl sites for hydroxylation is 1. The van der Waals surface area contributed by atoms with Crippen molar-refractivity contribution in [2.45, 2.75) is 38.8 Å². The van der Waals surface area contributed by atoms with Crippen LogP contribution in [0.3, 0.4) is 0 Å². The summed E-state index contributed by atoms with van der Waals surface area (Å²) in [4.78, 5) is 10.9. The van der Waals surface area contributed by atoms with Crippen molar-refractivity contribution in [1.82, 2.24) is 0 Å². The fourth-order valence-corrected chi connectivity index (χ4v) is 2.25. The summed E-state index contributed by atoms with van der Waals surface area (Å²) in [5.74, 6) is -1.10. The Kier molecular flexibility index (Phi) is 6.87. The second kappa shape index (κ2) is 8.17. The number of carbonyl (C=O) groups is 1. The van der Waals surface area contributed by atoms with E-state index < -0.39 is 23.6 Å². The van der Waals surface area contributed by atoms with E-state index in [4.69, 9.17) is 10.8 Å². The summed E-state index contributed by atoms with van der Waals surface area (Å²) in [6.45, 7) is 2.14. The van der Waals surface area contributed by atoms with Gasteiger partial charge in [-0.3, -0.25) is 4.79 Å². The van der Waals surface area contributed by atoms with Crippen LogP contribution in [0.25, 0.3) is 0 Å². The molecule has 3 N–H and O–H groups in total. The van der Waals surface area contributed by atoms with Crippen LogP contribution in [0, 0.1) is 11.8 Å². The second-order valence-electron chi connectivity index (χ2n) is 5.69. The van der Waals surface area contributed by atoms with E-state index in [9.17, 15) is 18.0 Å². The fraction of sp³-hybridized carbons (Fsp3) is 0.562. The largest absolute Gasteiger partial charge is 0.481 e. The molecule has 2 unspecified atom stereocenters. The number of aliphatic carboxylic acids is 1. The number of rotatable bonds is 8. The lowest BCUT2D eigenvalue weighted by molar-refractivity contribution is -0.141. The smallest absolute Gasteiger partial charge is 0.416 e. The highest BCUT2D eigenvalue weighted by atomic mass is 19.4. The van der Waals surface area contributed by atoms with Crippen LogP contribution in [-0.2, 0) is 17.4 Å². The minimum Gasteiger partial charge on any atom is -0.481 e. The van der Waals surface area contributed by atoms with Crippen LogP contribution >= 0.6 is 0 Å². The molecule has 1 aromatic carbocycles. The average Bonchev–Trinajstić information content (AvgIpc) is 2.45. The van der Waals surface area contributed by atoms with Crippen molar-refractivity contribution in [1.29, 1.82) is 0 Å². The summed E-state index contributed by atoms with van der Waals surface area (Å²) in [7, 11) is 0. The van der Waals surface area contributed by atoms with Crippen LogP contribution in [0.5, 0.6) is 0 Å². The molecule has 0 aromatic heterocycles. The molecule has 1 rings (SSSR count). The van der Waals surface area contributed by atoms with Gasteiger partial charge in [-0.1, -0.05) is 19.1 Å². The lowest BCUT2D eigenvalue weighted by atomic mass is 9.92. The van der Waals surface area contributed by atoms with Crippen LogP contribution in [0.4, 0.5) is 13.2 Å². The van der Waals surface area contributed by atoms with E-state index in [-0.39, 0.29) is 6.54 Å². The number of hydrogen-bond acceptors (Lipinski definition) is 2. The zero-order chi connectivity index (χ0) is 16.8. The lowest BCUT2D eigenvalue weighted by Gasteiger charge is -2.15. The minimum absolute atomic E-state index is 0.126. The van der Waals surface area contributed by atoms with E-state index in [0.717, 1.165) is 30.5 Å². The molecular weight excluding hydrogens is 295 g/mol. The zero-order valence-electron chi connectivity index (χ0n) is 12.6. The van der Waals surface area contributed by atoms with Gasteiger partial charge in [0.1, 0.15) is 0 Å². The minimum atomic E-state index is -4.31. The van der Waals surface area contributed by atoms with Crippen molar-refractivity contribution in [2.75, 3.05) is 6.54 Å². The maximum atomic E-state index is 12.5. The first kappa shape index (κ1) is 18.5. The topological polar surface area (TPSA) is 63.3 Å². The molecule has 1 aromatic rings. The molecule has 0 aliphatic rings. The Bertz CT molecular complexity index is 471. The van der Waals surface area contributed by atoms with E-state index in [0.29, 0.717) is 18.8 Å². The predicted octanol–water partition coefficient (Wildman–Crippen LogP) is 3.71. The maximum absolute atomic E-state index is 12.5. The lowest BCUT2D eigenvalue weighted by Crippen LogP contribution is -2.23. The molecule has 0 amide bonds. The number of hydrogen-bond donors (Lipinski definition) is 2. The highest BCUT2D eigenvalue weighted by Gasteiger charge is 2.29. The van der Waals surface area contributed by atoms with Gasteiger partial charge in [0.05, 0.1) is 11.5 Å². The van der Waals surface area contributed by atoms with Crippen molar-refractivity contribution >= 4 is 5.97 Å². The monoisotopic (exact) mass is 317 g/mol. The van der Waals surface area contributed by atoms with Crippen LogP contribution in [0.1, 0.15) is 37.3 Å². The van der Waals surface area contributed by atoms with Crippen LogP contribution in [-0.4, -0.2) is 17.6 Å². The van der Waals surface area contributed by atoms with E-state index in [1.54, 1.807) is 0 Å². The molecule has 0 radical (unpaired) electrons. The third kappa shape index (κ3) is 6.05. The zero-order valence-corrected chi connectivity index (χ0v) is 12.6. The first-order chi connectivity index (χ1) is 10.2. The Balaban J connectivity index is 2.41. The van der Waals surface area contributed by atoms with Gasteiger partial charge in [0.2, 0.25) is 0 Å². The van der Waals surface area contributed by atoms with Gasteiger partial charge >= 0.3 is 12.1 Å². The Hall–Kier alpha value is -1.56. The number of nitrogens with two attached hydrogens (primary N) is 1. The molecule has 6 heteroatoms. The van der Waals surface area contributed by atoms with E-state index in [2.05, 4.69) is 0 Å². The third-order valence-corrected chi connectivity index (χ3v) is 3.85. The normalized spacial score (nSPS) is 14.6. The number of alkyl halides is 3. The molecule has 0 heterocycles. The highest BCUT2D eigenvalue weighted by Crippen LogP contribution is 2.29. The van der Waals surface area contributed by atoms with Crippen LogP contribution < -0.4 is 5.73 Å². The first-order valence-corrected chi connectivity index (χ1v) is 7.33. The van der Waals surface area contributed by atoms with Crippen molar-refractivity contribution in [2.24, 2.45) is 17.6 Å². The van der Waals surface area contributed by atoms with Gasteiger partial charge in [-0.15, -0.1) is 0 Å². The summed E-state index contributed by atoms with van der Waals surface area (Å²) in [5.41, 5.74) is 5.61. The van der Waals surface area contributed by atoms with Gasteiger partial charge in [0.15, 0.2) is 0 Å². The summed E-state index contributed by atoms with van der Waals surface area (Å²) in [6, 6.07) is 5.18. The second-order valence-corrected chi connectivity index (χ2v) is 5.69. The van der Waals surface area contributed by atoms with Gasteiger partial charge in [0, 0.05) is 6.54 Å². The Morgan fingerprint density at radius 1 is 1.18 bits per heavy atom. The summed E-state index contributed by atoms with van der Waals surface area (Å²) in [6.07, 6.45) is -1.54. The molecular formula is C16H22F3NO2. The Morgan fingerprint density at radius 3 is 2.23 bits per heavy atom. The molecule has 0 fully saturated rings. The summed E-state index contributed by atoms with van der Waals surface area (Å²) >= 11 is 0. The van der Waals surface area contributed by atoms with Gasteiger partial charge in [-0.05, 0) is 49.3 Å². The molecule has 3 nitrogen and oxygen atoms in total. The first-order valence-electron chi connectivity index (χ1n) is 7.33. The Labute approximate surface area is 128 Å². The standard InChI is InChI=1S/C16H22F3NO2/c1-11(3-7-13(10-20)15(21)22)2-4-12-5-8-14(9-6-12)16(17,18)19/h5-6,8-9,11,13H,2-4,7,10,20H2,1H3,(H,21,22). The van der Waals surface area contributed by atoms with E-state index >= 15 is 0 Å². The maximum Gasteiger partial charge on any atom is 0.416 e. The predicted molar refractivity (Wildman–Crippen MR) is 78.3 cm³/mol. The SMILES string of the molecule is CC(CCc1ccc(C(F)(F)F)cc1)CCC(CN)C(=O)O. The summed E-state index contributed by atoms with van der Waals surface area (Å²) < 4.78 is 37.4. The van der Waals surface area contributed by atoms with Crippen molar-refractivity contribution < 1.29 is 23.1 Å². The van der Waals surface area contributed by atoms with Gasteiger partial charge in [0.25, 0.3) is 0 Å². The van der Waals surface area contributed by atoms with Gasteiger partial charge in [-0.25, -0.2) is 0 Å². The van der Waals surface area contributed by atoms with Crippen molar-refractivity contribution in [3.8, 4) is 0 Å².